The summed E-state index contributed by atoms with van der Waals surface area (Å²) in [7, 11) is 1.93. The third-order valence-corrected chi connectivity index (χ3v) is 5.74. The van der Waals surface area contributed by atoms with Gasteiger partial charge in [0.2, 0.25) is 5.91 Å². The predicted molar refractivity (Wildman–Crippen MR) is 123 cm³/mol. The highest BCUT2D eigenvalue weighted by atomic mass is 16.2. The van der Waals surface area contributed by atoms with E-state index in [1.54, 1.807) is 24.7 Å². The van der Waals surface area contributed by atoms with Gasteiger partial charge in [-0.05, 0) is 60.9 Å². The fourth-order valence-corrected chi connectivity index (χ4v) is 4.11. The molecule has 32 heavy (non-hydrogen) atoms. The molecule has 1 saturated heterocycles. The van der Waals surface area contributed by atoms with E-state index < -0.39 is 0 Å². The first-order valence-electron chi connectivity index (χ1n) is 10.6. The Morgan fingerprint density at radius 1 is 1.00 bits per heavy atom. The predicted octanol–water partition coefficient (Wildman–Crippen LogP) is 3.55. The highest BCUT2D eigenvalue weighted by Crippen LogP contribution is 2.29. The quantitative estimate of drug-likeness (QED) is 0.526. The zero-order valence-corrected chi connectivity index (χ0v) is 17.7. The smallest absolute Gasteiger partial charge is 0.248 e. The van der Waals surface area contributed by atoms with Gasteiger partial charge in [0, 0.05) is 43.4 Å². The SMILES string of the molecule is Cn1nccc1-c1ccc(N2CCCC2C(=O)Nc2ccc(-c3cccnc3)nn2)cc1. The molecule has 0 saturated carbocycles. The third-order valence-electron chi connectivity index (χ3n) is 5.74. The number of pyridine rings is 1. The molecule has 1 unspecified atom stereocenters. The molecular formula is C24H23N7O. The molecule has 0 radical (unpaired) electrons. The van der Waals surface area contributed by atoms with Crippen molar-refractivity contribution in [1.82, 2.24) is 25.0 Å². The van der Waals surface area contributed by atoms with Crippen LogP contribution in [0.4, 0.5) is 11.5 Å². The number of carbonyl (C=O) groups is 1. The second kappa shape index (κ2) is 8.58. The topological polar surface area (TPSA) is 88.8 Å². The Hall–Kier alpha value is -4.07. The molecule has 4 heterocycles. The maximum Gasteiger partial charge on any atom is 0.248 e. The van der Waals surface area contributed by atoms with Gasteiger partial charge < -0.3 is 10.2 Å². The number of benzene rings is 1. The van der Waals surface area contributed by atoms with E-state index in [2.05, 4.69) is 54.8 Å². The van der Waals surface area contributed by atoms with Gasteiger partial charge in [-0.3, -0.25) is 14.5 Å². The van der Waals surface area contributed by atoms with Crippen LogP contribution in [0, 0.1) is 0 Å². The molecule has 1 aliphatic rings. The van der Waals surface area contributed by atoms with Crippen molar-refractivity contribution in [3.63, 3.8) is 0 Å². The van der Waals surface area contributed by atoms with E-state index >= 15 is 0 Å². The molecule has 0 aliphatic carbocycles. The Balaban J connectivity index is 1.28. The Morgan fingerprint density at radius 3 is 2.56 bits per heavy atom. The molecule has 1 amide bonds. The van der Waals surface area contributed by atoms with Crippen LogP contribution in [0.25, 0.3) is 22.5 Å². The van der Waals surface area contributed by atoms with Crippen molar-refractivity contribution in [3.05, 3.63) is 73.2 Å². The summed E-state index contributed by atoms with van der Waals surface area (Å²) in [5.74, 6) is 0.377. The van der Waals surface area contributed by atoms with Crippen LogP contribution in [0.5, 0.6) is 0 Å². The van der Waals surface area contributed by atoms with Crippen molar-refractivity contribution in [3.8, 4) is 22.5 Å². The highest BCUT2D eigenvalue weighted by molar-refractivity contribution is 5.96. The molecule has 1 aliphatic heterocycles. The molecule has 1 N–H and O–H groups in total. The molecule has 3 aromatic heterocycles. The number of carbonyl (C=O) groups excluding carboxylic acids is 1. The zero-order chi connectivity index (χ0) is 21.9. The van der Waals surface area contributed by atoms with Gasteiger partial charge in [-0.25, -0.2) is 0 Å². The van der Waals surface area contributed by atoms with Crippen LogP contribution in [0.3, 0.4) is 0 Å². The summed E-state index contributed by atoms with van der Waals surface area (Å²) in [6, 6.07) is 17.4. The molecule has 5 rings (SSSR count). The summed E-state index contributed by atoms with van der Waals surface area (Å²) < 4.78 is 1.85. The molecule has 0 spiro atoms. The average molecular weight is 425 g/mol. The van der Waals surface area contributed by atoms with Gasteiger partial charge in [-0.15, -0.1) is 10.2 Å². The molecule has 1 fully saturated rings. The van der Waals surface area contributed by atoms with Crippen LogP contribution in [0.15, 0.2) is 73.2 Å². The van der Waals surface area contributed by atoms with E-state index in [0.717, 1.165) is 41.9 Å². The Labute approximate surface area is 185 Å². The first-order valence-corrected chi connectivity index (χ1v) is 10.6. The number of aryl methyl sites for hydroxylation is 1. The second-order valence-corrected chi connectivity index (χ2v) is 7.77. The van der Waals surface area contributed by atoms with Crippen LogP contribution in [0.1, 0.15) is 12.8 Å². The number of rotatable bonds is 5. The van der Waals surface area contributed by atoms with Crippen molar-refractivity contribution in [1.29, 1.82) is 0 Å². The molecule has 1 atom stereocenters. The first kappa shape index (κ1) is 19.9. The van der Waals surface area contributed by atoms with Gasteiger partial charge in [0.25, 0.3) is 0 Å². The number of amides is 1. The van der Waals surface area contributed by atoms with Crippen molar-refractivity contribution in [2.24, 2.45) is 7.05 Å². The number of hydrogen-bond donors (Lipinski definition) is 1. The average Bonchev–Trinajstić information content (AvgIpc) is 3.50. The number of hydrogen-bond acceptors (Lipinski definition) is 6. The number of nitrogens with zero attached hydrogens (tertiary/aromatic N) is 6. The minimum absolute atomic E-state index is 0.0679. The monoisotopic (exact) mass is 425 g/mol. The molecule has 1 aromatic carbocycles. The maximum absolute atomic E-state index is 13.0. The normalized spacial score (nSPS) is 15.7. The van der Waals surface area contributed by atoms with E-state index in [-0.39, 0.29) is 11.9 Å². The minimum Gasteiger partial charge on any atom is -0.360 e. The lowest BCUT2D eigenvalue weighted by molar-refractivity contribution is -0.117. The summed E-state index contributed by atoms with van der Waals surface area (Å²) in [5, 5.41) is 15.5. The van der Waals surface area contributed by atoms with Gasteiger partial charge in [0.05, 0.1) is 11.4 Å². The Bertz CT molecular complexity index is 1200. The first-order chi connectivity index (χ1) is 15.7. The van der Waals surface area contributed by atoms with Gasteiger partial charge in [-0.1, -0.05) is 12.1 Å². The maximum atomic E-state index is 13.0. The van der Waals surface area contributed by atoms with Gasteiger partial charge in [0.15, 0.2) is 5.82 Å². The summed E-state index contributed by atoms with van der Waals surface area (Å²) in [6.07, 6.45) is 7.00. The molecule has 4 aromatic rings. The zero-order valence-electron chi connectivity index (χ0n) is 17.7. The second-order valence-electron chi connectivity index (χ2n) is 7.77. The van der Waals surface area contributed by atoms with Crippen LogP contribution in [0.2, 0.25) is 0 Å². The lowest BCUT2D eigenvalue weighted by Crippen LogP contribution is -2.39. The van der Waals surface area contributed by atoms with E-state index in [4.69, 9.17) is 0 Å². The van der Waals surface area contributed by atoms with Gasteiger partial charge >= 0.3 is 0 Å². The lowest BCUT2D eigenvalue weighted by Gasteiger charge is -2.26. The molecule has 8 heteroatoms. The fraction of sp³-hybridized carbons (Fsp3) is 0.208. The van der Waals surface area contributed by atoms with E-state index in [1.165, 1.54) is 0 Å². The summed E-state index contributed by atoms with van der Waals surface area (Å²) in [5.41, 5.74) is 4.78. The van der Waals surface area contributed by atoms with Crippen molar-refractivity contribution >= 4 is 17.4 Å². The molecule has 0 bridgehead atoms. The van der Waals surface area contributed by atoms with Crippen LogP contribution in [-0.4, -0.2) is 43.5 Å². The summed E-state index contributed by atoms with van der Waals surface area (Å²) in [6.45, 7) is 0.842. The third kappa shape index (κ3) is 3.94. The molecule has 160 valence electrons. The number of anilines is 2. The van der Waals surface area contributed by atoms with Crippen molar-refractivity contribution < 1.29 is 4.79 Å². The number of aromatic nitrogens is 5. The Morgan fingerprint density at radius 2 is 1.88 bits per heavy atom. The van der Waals surface area contributed by atoms with Crippen molar-refractivity contribution in [2.75, 3.05) is 16.8 Å². The highest BCUT2D eigenvalue weighted by Gasteiger charge is 2.31. The van der Waals surface area contributed by atoms with Crippen molar-refractivity contribution in [2.45, 2.75) is 18.9 Å². The van der Waals surface area contributed by atoms with Crippen LogP contribution >= 0.6 is 0 Å². The van der Waals surface area contributed by atoms with Crippen LogP contribution < -0.4 is 10.2 Å². The van der Waals surface area contributed by atoms with Gasteiger partial charge in [-0.2, -0.15) is 5.10 Å². The largest absolute Gasteiger partial charge is 0.360 e. The van der Waals surface area contributed by atoms with Crippen LogP contribution in [-0.2, 0) is 11.8 Å². The van der Waals surface area contributed by atoms with Gasteiger partial charge in [0.1, 0.15) is 6.04 Å². The fourth-order valence-electron chi connectivity index (χ4n) is 4.11. The molecular weight excluding hydrogens is 402 g/mol. The summed E-state index contributed by atoms with van der Waals surface area (Å²) >= 11 is 0. The van der Waals surface area contributed by atoms with E-state index in [0.29, 0.717) is 11.5 Å². The standard InChI is InChI=1S/C24H23N7O/c1-30-21(12-14-26-30)17-6-8-19(9-7-17)31-15-3-5-22(31)24(32)27-23-11-10-20(28-29-23)18-4-2-13-25-16-18/h2,4,6-14,16,22H,3,5,15H2,1H3,(H,27,29,32). The minimum atomic E-state index is -0.239. The lowest BCUT2D eigenvalue weighted by atomic mass is 10.1. The summed E-state index contributed by atoms with van der Waals surface area (Å²) in [4.78, 5) is 19.3. The number of nitrogens with one attached hydrogen (secondary N) is 1. The van der Waals surface area contributed by atoms with E-state index in [9.17, 15) is 4.79 Å². The van der Waals surface area contributed by atoms with E-state index in [1.807, 2.05) is 36.0 Å². The molecule has 8 nitrogen and oxygen atoms in total. The Kier molecular flexibility index (Phi) is 5.33.